The molecule has 2 atom stereocenters. The van der Waals surface area contributed by atoms with Crippen LogP contribution in [0.15, 0.2) is 41.2 Å². The molecule has 7 heteroatoms. The first-order valence-corrected chi connectivity index (χ1v) is 10.4. The zero-order chi connectivity index (χ0) is 21.1. The summed E-state index contributed by atoms with van der Waals surface area (Å²) in [6.07, 6.45) is 5.97. The smallest absolute Gasteiger partial charge is 0.257 e. The van der Waals surface area contributed by atoms with Crippen LogP contribution in [0.4, 0.5) is 0 Å². The van der Waals surface area contributed by atoms with E-state index in [-0.39, 0.29) is 17.9 Å². The highest BCUT2D eigenvalue weighted by Gasteiger charge is 2.40. The molecule has 0 bridgehead atoms. The highest BCUT2D eigenvalue weighted by molar-refractivity contribution is 5.94. The molecule has 30 heavy (non-hydrogen) atoms. The van der Waals surface area contributed by atoms with Gasteiger partial charge in [0, 0.05) is 32.1 Å². The third kappa shape index (κ3) is 4.01. The first-order chi connectivity index (χ1) is 14.6. The van der Waals surface area contributed by atoms with E-state index in [1.807, 2.05) is 28.0 Å². The normalized spacial score (nSPS) is 21.3. The van der Waals surface area contributed by atoms with Crippen LogP contribution in [0.2, 0.25) is 0 Å². The fourth-order valence-corrected chi connectivity index (χ4v) is 4.68. The Morgan fingerprint density at radius 1 is 1.17 bits per heavy atom. The van der Waals surface area contributed by atoms with Gasteiger partial charge in [0.2, 0.25) is 5.91 Å². The number of carbonyl (C=O) groups excluding carboxylic acids is 2. The number of fused-ring (bicyclic) bond motifs is 1. The van der Waals surface area contributed by atoms with Gasteiger partial charge in [0.05, 0.1) is 26.0 Å². The number of likely N-dealkylation sites (tertiary alicyclic amines) is 2. The molecule has 7 nitrogen and oxygen atoms in total. The molecule has 2 saturated heterocycles. The van der Waals surface area contributed by atoms with Gasteiger partial charge in [0.15, 0.2) is 11.5 Å². The Labute approximate surface area is 176 Å². The van der Waals surface area contributed by atoms with Crippen LogP contribution in [0, 0.1) is 5.92 Å². The van der Waals surface area contributed by atoms with Gasteiger partial charge in [0.1, 0.15) is 6.26 Å². The largest absolute Gasteiger partial charge is 0.493 e. The Bertz CT molecular complexity index is 895. The molecule has 0 spiro atoms. The van der Waals surface area contributed by atoms with E-state index in [1.165, 1.54) is 12.5 Å². The Hall–Kier alpha value is -2.96. The summed E-state index contributed by atoms with van der Waals surface area (Å²) in [5.74, 6) is 1.94. The van der Waals surface area contributed by atoms with Gasteiger partial charge in [-0.2, -0.15) is 0 Å². The summed E-state index contributed by atoms with van der Waals surface area (Å²) in [6.45, 7) is 2.02. The molecule has 2 aliphatic heterocycles. The van der Waals surface area contributed by atoms with Crippen molar-refractivity contribution >= 4 is 11.8 Å². The van der Waals surface area contributed by atoms with Crippen LogP contribution in [0.3, 0.4) is 0 Å². The number of nitrogens with zero attached hydrogens (tertiary/aromatic N) is 2. The maximum Gasteiger partial charge on any atom is 0.257 e. The molecule has 2 fully saturated rings. The molecule has 1 aromatic carbocycles. The lowest BCUT2D eigenvalue weighted by Crippen LogP contribution is -2.57. The number of hydrogen-bond donors (Lipinski definition) is 0. The molecule has 160 valence electrons. The number of ether oxygens (including phenoxy) is 2. The quantitative estimate of drug-likeness (QED) is 0.729. The van der Waals surface area contributed by atoms with E-state index in [4.69, 9.17) is 13.9 Å². The van der Waals surface area contributed by atoms with Gasteiger partial charge in [0.25, 0.3) is 5.91 Å². The van der Waals surface area contributed by atoms with Crippen LogP contribution >= 0.6 is 0 Å². The van der Waals surface area contributed by atoms with Crippen molar-refractivity contribution in [3.05, 3.63) is 47.9 Å². The summed E-state index contributed by atoms with van der Waals surface area (Å²) in [5, 5.41) is 0. The molecular weight excluding hydrogens is 384 g/mol. The Balaban J connectivity index is 1.41. The lowest BCUT2D eigenvalue weighted by Gasteiger charge is -2.47. The maximum absolute atomic E-state index is 12.7. The number of piperidine rings is 2. The lowest BCUT2D eigenvalue weighted by atomic mass is 9.83. The Morgan fingerprint density at radius 2 is 2.00 bits per heavy atom. The molecule has 0 radical (unpaired) electrons. The molecule has 0 saturated carbocycles. The van der Waals surface area contributed by atoms with Crippen molar-refractivity contribution in [2.24, 2.45) is 5.92 Å². The van der Waals surface area contributed by atoms with Crippen molar-refractivity contribution in [1.29, 1.82) is 0 Å². The van der Waals surface area contributed by atoms with Crippen LogP contribution in [0.25, 0.3) is 0 Å². The molecule has 1 aromatic heterocycles. The molecule has 0 N–H and O–H groups in total. The van der Waals surface area contributed by atoms with E-state index in [1.54, 1.807) is 20.3 Å². The number of methoxy groups -OCH3 is 2. The first-order valence-electron chi connectivity index (χ1n) is 10.4. The van der Waals surface area contributed by atoms with Crippen molar-refractivity contribution in [3.63, 3.8) is 0 Å². The third-order valence-electron chi connectivity index (χ3n) is 6.29. The zero-order valence-electron chi connectivity index (χ0n) is 17.5. The summed E-state index contributed by atoms with van der Waals surface area (Å²) >= 11 is 0. The number of rotatable bonds is 6. The van der Waals surface area contributed by atoms with Crippen molar-refractivity contribution in [3.8, 4) is 11.5 Å². The number of furan rings is 1. The fraction of sp³-hybridized carbons (Fsp3) is 0.478. The molecule has 0 unspecified atom stereocenters. The minimum absolute atomic E-state index is 0.0102. The minimum atomic E-state index is 0.0102. The van der Waals surface area contributed by atoms with Gasteiger partial charge in [-0.05, 0) is 48.9 Å². The van der Waals surface area contributed by atoms with Gasteiger partial charge in [-0.15, -0.1) is 0 Å². The predicted molar refractivity (Wildman–Crippen MR) is 111 cm³/mol. The van der Waals surface area contributed by atoms with Crippen LogP contribution in [0.5, 0.6) is 11.5 Å². The van der Waals surface area contributed by atoms with Crippen molar-refractivity contribution in [2.75, 3.05) is 33.9 Å². The van der Waals surface area contributed by atoms with E-state index >= 15 is 0 Å². The maximum atomic E-state index is 12.7. The van der Waals surface area contributed by atoms with Gasteiger partial charge in [-0.1, -0.05) is 6.07 Å². The summed E-state index contributed by atoms with van der Waals surface area (Å²) in [4.78, 5) is 29.3. The van der Waals surface area contributed by atoms with E-state index in [9.17, 15) is 9.59 Å². The van der Waals surface area contributed by atoms with Gasteiger partial charge >= 0.3 is 0 Å². The number of amides is 2. The molecule has 0 aliphatic carbocycles. The SMILES string of the molecule is COc1ccc(CCN2C(=O)CC[C@@H]3CN(C(=O)c4ccoc4)CC[C@@H]32)cc1OC. The molecule has 2 amide bonds. The lowest BCUT2D eigenvalue weighted by molar-refractivity contribution is -0.140. The van der Waals surface area contributed by atoms with Crippen molar-refractivity contribution < 1.29 is 23.5 Å². The second-order valence-corrected chi connectivity index (χ2v) is 7.94. The van der Waals surface area contributed by atoms with Crippen molar-refractivity contribution in [2.45, 2.75) is 31.7 Å². The van der Waals surface area contributed by atoms with Crippen LogP contribution in [-0.4, -0.2) is 61.5 Å². The molecule has 2 aromatic rings. The van der Waals surface area contributed by atoms with Crippen molar-refractivity contribution in [1.82, 2.24) is 9.80 Å². The average molecular weight is 412 g/mol. The van der Waals surface area contributed by atoms with E-state index < -0.39 is 0 Å². The van der Waals surface area contributed by atoms with Gasteiger partial charge in [-0.3, -0.25) is 9.59 Å². The average Bonchev–Trinajstić information content (AvgIpc) is 3.32. The van der Waals surface area contributed by atoms with E-state index in [2.05, 4.69) is 0 Å². The summed E-state index contributed by atoms with van der Waals surface area (Å²) in [5.41, 5.74) is 1.70. The molecular formula is C23H28N2O5. The van der Waals surface area contributed by atoms with Crippen LogP contribution in [-0.2, 0) is 11.2 Å². The molecule has 3 heterocycles. The minimum Gasteiger partial charge on any atom is -0.493 e. The summed E-state index contributed by atoms with van der Waals surface area (Å²) in [6, 6.07) is 7.78. The Morgan fingerprint density at radius 3 is 2.73 bits per heavy atom. The second kappa shape index (κ2) is 8.81. The zero-order valence-corrected chi connectivity index (χ0v) is 17.5. The number of benzene rings is 1. The Kier molecular flexibility index (Phi) is 5.97. The third-order valence-corrected chi connectivity index (χ3v) is 6.29. The van der Waals surface area contributed by atoms with Gasteiger partial charge in [-0.25, -0.2) is 0 Å². The number of carbonyl (C=O) groups is 2. The van der Waals surface area contributed by atoms with Gasteiger partial charge < -0.3 is 23.7 Å². The number of hydrogen-bond acceptors (Lipinski definition) is 5. The van der Waals surface area contributed by atoms with Crippen LogP contribution < -0.4 is 9.47 Å². The fourth-order valence-electron chi connectivity index (χ4n) is 4.68. The second-order valence-electron chi connectivity index (χ2n) is 7.94. The standard InChI is InChI=1S/C23H28N2O5/c1-28-20-5-3-16(13-21(20)29-2)7-11-25-19-8-10-24(14-17(19)4-6-22(25)26)23(27)18-9-12-30-15-18/h3,5,9,12-13,15,17,19H,4,6-8,10-11,14H2,1-2H3/t17-,19+/m1/s1. The topological polar surface area (TPSA) is 72.2 Å². The first kappa shape index (κ1) is 20.3. The monoisotopic (exact) mass is 412 g/mol. The highest BCUT2D eigenvalue weighted by Crippen LogP contribution is 2.33. The van der Waals surface area contributed by atoms with Crippen LogP contribution in [0.1, 0.15) is 35.2 Å². The summed E-state index contributed by atoms with van der Waals surface area (Å²) < 4.78 is 15.7. The molecule has 4 rings (SSSR count). The molecule has 2 aliphatic rings. The predicted octanol–water partition coefficient (Wildman–Crippen LogP) is 2.99. The van der Waals surface area contributed by atoms with E-state index in [0.717, 1.165) is 24.8 Å². The highest BCUT2D eigenvalue weighted by atomic mass is 16.5. The van der Waals surface area contributed by atoms with E-state index in [0.29, 0.717) is 49.0 Å². The summed E-state index contributed by atoms with van der Waals surface area (Å²) in [7, 11) is 3.24.